The molecule has 1 aromatic heterocycles. The highest BCUT2D eigenvalue weighted by Gasteiger charge is 2.24. The smallest absolute Gasteiger partial charge is 0.226 e. The standard InChI is InChI=1S/C10H15N3O2/c1-2-8-5-12-9(15-8)6-13-10(14)7-3-11-4-7/h5,7,11H,2-4,6H2,1H3,(H,13,14). The third kappa shape index (κ3) is 2.36. The van der Waals surface area contributed by atoms with Crippen LogP contribution in [0.4, 0.5) is 0 Å². The molecule has 0 unspecified atom stereocenters. The predicted octanol–water partition coefficient (Wildman–Crippen LogP) is 0.0726. The normalized spacial score (nSPS) is 16.1. The van der Waals surface area contributed by atoms with Crippen LogP contribution in [0, 0.1) is 5.92 Å². The van der Waals surface area contributed by atoms with Crippen LogP contribution in [-0.4, -0.2) is 24.0 Å². The van der Waals surface area contributed by atoms with E-state index < -0.39 is 0 Å². The van der Waals surface area contributed by atoms with Crippen molar-refractivity contribution in [3.05, 3.63) is 17.8 Å². The molecular weight excluding hydrogens is 194 g/mol. The monoisotopic (exact) mass is 209 g/mol. The van der Waals surface area contributed by atoms with Gasteiger partial charge in [-0.1, -0.05) is 6.92 Å². The quantitative estimate of drug-likeness (QED) is 0.736. The lowest BCUT2D eigenvalue weighted by Crippen LogP contribution is -2.50. The summed E-state index contributed by atoms with van der Waals surface area (Å²) in [4.78, 5) is 15.5. The van der Waals surface area contributed by atoms with Crippen molar-refractivity contribution in [1.29, 1.82) is 0 Å². The van der Waals surface area contributed by atoms with Gasteiger partial charge >= 0.3 is 0 Å². The molecular formula is C10H15N3O2. The Balaban J connectivity index is 1.79. The summed E-state index contributed by atoms with van der Waals surface area (Å²) in [5.74, 6) is 1.62. The summed E-state index contributed by atoms with van der Waals surface area (Å²) in [5, 5.41) is 5.86. The number of nitrogens with zero attached hydrogens (tertiary/aromatic N) is 1. The van der Waals surface area contributed by atoms with Gasteiger partial charge in [0.1, 0.15) is 5.76 Å². The Kier molecular flexibility index (Phi) is 3.01. The van der Waals surface area contributed by atoms with Gasteiger partial charge in [-0.05, 0) is 0 Å². The molecule has 0 aromatic carbocycles. The van der Waals surface area contributed by atoms with E-state index in [1.54, 1.807) is 6.20 Å². The van der Waals surface area contributed by atoms with E-state index in [1.807, 2.05) is 6.92 Å². The summed E-state index contributed by atoms with van der Waals surface area (Å²) in [6.07, 6.45) is 2.53. The lowest BCUT2D eigenvalue weighted by Gasteiger charge is -2.25. The molecule has 15 heavy (non-hydrogen) atoms. The molecule has 0 saturated carbocycles. The first-order valence-electron chi connectivity index (χ1n) is 5.21. The average molecular weight is 209 g/mol. The Hall–Kier alpha value is -1.36. The molecule has 1 fully saturated rings. The Bertz CT molecular complexity index is 344. The predicted molar refractivity (Wildman–Crippen MR) is 54.1 cm³/mol. The van der Waals surface area contributed by atoms with Gasteiger partial charge in [-0.2, -0.15) is 0 Å². The van der Waals surface area contributed by atoms with E-state index in [0.717, 1.165) is 25.3 Å². The lowest BCUT2D eigenvalue weighted by molar-refractivity contribution is -0.126. The molecule has 5 nitrogen and oxygen atoms in total. The minimum absolute atomic E-state index is 0.0741. The summed E-state index contributed by atoms with van der Waals surface area (Å²) in [7, 11) is 0. The van der Waals surface area contributed by atoms with Crippen molar-refractivity contribution < 1.29 is 9.21 Å². The van der Waals surface area contributed by atoms with Gasteiger partial charge < -0.3 is 15.1 Å². The molecule has 0 bridgehead atoms. The molecule has 0 radical (unpaired) electrons. The van der Waals surface area contributed by atoms with Crippen molar-refractivity contribution in [3.63, 3.8) is 0 Å². The maximum absolute atomic E-state index is 11.5. The maximum Gasteiger partial charge on any atom is 0.226 e. The second kappa shape index (κ2) is 4.44. The molecule has 5 heteroatoms. The van der Waals surface area contributed by atoms with Gasteiger partial charge in [0.25, 0.3) is 0 Å². The molecule has 1 aromatic rings. The van der Waals surface area contributed by atoms with Crippen molar-refractivity contribution in [2.75, 3.05) is 13.1 Å². The second-order valence-electron chi connectivity index (χ2n) is 3.65. The SMILES string of the molecule is CCc1cnc(CNC(=O)C2CNC2)o1. The van der Waals surface area contributed by atoms with Gasteiger partial charge in [-0.3, -0.25) is 4.79 Å². The van der Waals surface area contributed by atoms with Crippen LogP contribution in [0.15, 0.2) is 10.6 Å². The van der Waals surface area contributed by atoms with E-state index in [1.165, 1.54) is 0 Å². The molecule has 1 aliphatic heterocycles. The van der Waals surface area contributed by atoms with Crippen LogP contribution in [-0.2, 0) is 17.8 Å². The number of amides is 1. The Morgan fingerprint density at radius 2 is 2.53 bits per heavy atom. The van der Waals surface area contributed by atoms with E-state index in [9.17, 15) is 4.79 Å². The minimum Gasteiger partial charge on any atom is -0.444 e. The molecule has 1 amide bonds. The number of aromatic nitrogens is 1. The fraction of sp³-hybridized carbons (Fsp3) is 0.600. The molecule has 2 N–H and O–H groups in total. The van der Waals surface area contributed by atoms with Crippen LogP contribution >= 0.6 is 0 Å². The fourth-order valence-corrected chi connectivity index (χ4v) is 1.37. The van der Waals surface area contributed by atoms with Crippen LogP contribution in [0.3, 0.4) is 0 Å². The Morgan fingerprint density at radius 3 is 3.07 bits per heavy atom. The van der Waals surface area contributed by atoms with Gasteiger partial charge in [0, 0.05) is 19.5 Å². The van der Waals surface area contributed by atoms with Crippen molar-refractivity contribution in [3.8, 4) is 0 Å². The zero-order chi connectivity index (χ0) is 10.7. The third-order valence-corrected chi connectivity index (χ3v) is 2.52. The highest BCUT2D eigenvalue weighted by Crippen LogP contribution is 2.05. The van der Waals surface area contributed by atoms with Crippen LogP contribution in [0.2, 0.25) is 0 Å². The summed E-state index contributed by atoms with van der Waals surface area (Å²) in [6, 6.07) is 0. The third-order valence-electron chi connectivity index (χ3n) is 2.52. The molecule has 1 saturated heterocycles. The van der Waals surface area contributed by atoms with Crippen LogP contribution < -0.4 is 10.6 Å². The summed E-state index contributed by atoms with van der Waals surface area (Å²) in [6.45, 7) is 3.94. The van der Waals surface area contributed by atoms with Gasteiger partial charge in [0.2, 0.25) is 11.8 Å². The number of carbonyl (C=O) groups is 1. The van der Waals surface area contributed by atoms with E-state index in [-0.39, 0.29) is 11.8 Å². The molecule has 2 rings (SSSR count). The number of hydrogen-bond acceptors (Lipinski definition) is 4. The van der Waals surface area contributed by atoms with Crippen molar-refractivity contribution in [2.45, 2.75) is 19.9 Å². The summed E-state index contributed by atoms with van der Waals surface area (Å²) < 4.78 is 5.37. The number of aryl methyl sites for hydroxylation is 1. The maximum atomic E-state index is 11.5. The zero-order valence-electron chi connectivity index (χ0n) is 8.75. The largest absolute Gasteiger partial charge is 0.444 e. The summed E-state index contributed by atoms with van der Waals surface area (Å²) >= 11 is 0. The van der Waals surface area contributed by atoms with Crippen molar-refractivity contribution >= 4 is 5.91 Å². The van der Waals surface area contributed by atoms with Gasteiger partial charge in [0.05, 0.1) is 18.7 Å². The number of hydrogen-bond donors (Lipinski definition) is 2. The van der Waals surface area contributed by atoms with Gasteiger partial charge in [-0.25, -0.2) is 4.98 Å². The zero-order valence-corrected chi connectivity index (χ0v) is 8.75. The second-order valence-corrected chi connectivity index (χ2v) is 3.65. The van der Waals surface area contributed by atoms with Gasteiger partial charge in [-0.15, -0.1) is 0 Å². The van der Waals surface area contributed by atoms with E-state index in [2.05, 4.69) is 15.6 Å². The van der Waals surface area contributed by atoms with Crippen molar-refractivity contribution in [1.82, 2.24) is 15.6 Å². The topological polar surface area (TPSA) is 67.2 Å². The molecule has 82 valence electrons. The molecule has 1 aliphatic rings. The van der Waals surface area contributed by atoms with E-state index in [4.69, 9.17) is 4.42 Å². The van der Waals surface area contributed by atoms with Crippen LogP contribution in [0.5, 0.6) is 0 Å². The molecule has 0 aliphatic carbocycles. The first kappa shape index (κ1) is 10.2. The number of oxazole rings is 1. The van der Waals surface area contributed by atoms with Crippen molar-refractivity contribution in [2.24, 2.45) is 5.92 Å². The Morgan fingerprint density at radius 1 is 1.73 bits per heavy atom. The highest BCUT2D eigenvalue weighted by molar-refractivity contribution is 5.79. The molecule has 0 atom stereocenters. The number of rotatable bonds is 4. The van der Waals surface area contributed by atoms with E-state index >= 15 is 0 Å². The van der Waals surface area contributed by atoms with E-state index in [0.29, 0.717) is 12.4 Å². The molecule has 2 heterocycles. The highest BCUT2D eigenvalue weighted by atomic mass is 16.4. The first-order valence-corrected chi connectivity index (χ1v) is 5.21. The fourth-order valence-electron chi connectivity index (χ4n) is 1.37. The lowest BCUT2D eigenvalue weighted by atomic mass is 10.0. The molecule has 0 spiro atoms. The summed E-state index contributed by atoms with van der Waals surface area (Å²) in [5.41, 5.74) is 0. The first-order chi connectivity index (χ1) is 7.29. The number of nitrogens with one attached hydrogen (secondary N) is 2. The van der Waals surface area contributed by atoms with Gasteiger partial charge in [0.15, 0.2) is 0 Å². The number of carbonyl (C=O) groups excluding carboxylic acids is 1. The van der Waals surface area contributed by atoms with Crippen LogP contribution in [0.1, 0.15) is 18.6 Å². The minimum atomic E-state index is 0.0741. The van der Waals surface area contributed by atoms with Crippen LogP contribution in [0.25, 0.3) is 0 Å². The average Bonchev–Trinajstić information content (AvgIpc) is 2.59. The Labute approximate surface area is 88.3 Å².